The van der Waals surface area contributed by atoms with E-state index in [1.54, 1.807) is 11.3 Å². The largest absolute Gasteiger partial charge is 0.338 e. The van der Waals surface area contributed by atoms with Crippen molar-refractivity contribution in [1.82, 2.24) is 9.88 Å². The zero-order valence-corrected chi connectivity index (χ0v) is 16.3. The molecule has 2 heterocycles. The lowest BCUT2D eigenvalue weighted by Gasteiger charge is -2.22. The number of thiazole rings is 1. The molecule has 4 nitrogen and oxygen atoms in total. The van der Waals surface area contributed by atoms with Crippen LogP contribution in [0.5, 0.6) is 0 Å². The summed E-state index contributed by atoms with van der Waals surface area (Å²) in [4.78, 5) is 19.1. The van der Waals surface area contributed by atoms with Gasteiger partial charge in [-0.15, -0.1) is 36.2 Å². The summed E-state index contributed by atoms with van der Waals surface area (Å²) in [5, 5.41) is 2.98. The summed E-state index contributed by atoms with van der Waals surface area (Å²) >= 11 is 1.61. The van der Waals surface area contributed by atoms with Crippen LogP contribution in [0.4, 0.5) is 0 Å². The van der Waals surface area contributed by atoms with Gasteiger partial charge in [-0.2, -0.15) is 0 Å². The van der Waals surface area contributed by atoms with Crippen molar-refractivity contribution in [2.75, 3.05) is 19.6 Å². The number of carbonyl (C=O) groups is 1. The quantitative estimate of drug-likeness (QED) is 0.871. The van der Waals surface area contributed by atoms with Gasteiger partial charge in [0.2, 0.25) is 0 Å². The van der Waals surface area contributed by atoms with E-state index in [9.17, 15) is 4.79 Å². The van der Waals surface area contributed by atoms with E-state index in [1.165, 1.54) is 0 Å². The number of hydrogen-bond donors (Lipinski definition) is 1. The summed E-state index contributed by atoms with van der Waals surface area (Å²) < 4.78 is 0. The molecule has 0 spiro atoms. The molecule has 1 atom stereocenters. The Morgan fingerprint density at radius 3 is 2.75 bits per heavy atom. The number of aryl methyl sites for hydroxylation is 1. The molecule has 1 amide bonds. The minimum Gasteiger partial charge on any atom is -0.338 e. The maximum Gasteiger partial charge on any atom is 0.253 e. The Balaban J connectivity index is 0.00000144. The van der Waals surface area contributed by atoms with Crippen LogP contribution >= 0.6 is 36.2 Å². The maximum absolute atomic E-state index is 12.7. The van der Waals surface area contributed by atoms with E-state index in [0.717, 1.165) is 41.3 Å². The van der Waals surface area contributed by atoms with E-state index < -0.39 is 0 Å². The van der Waals surface area contributed by atoms with Crippen molar-refractivity contribution in [2.45, 2.75) is 20.3 Å². The molecule has 0 bridgehead atoms. The highest BCUT2D eigenvalue weighted by atomic mass is 35.5. The number of nitrogens with zero attached hydrogens (tertiary/aromatic N) is 2. The normalized spacial score (nSPS) is 19.5. The van der Waals surface area contributed by atoms with Crippen LogP contribution in [-0.4, -0.2) is 35.4 Å². The summed E-state index contributed by atoms with van der Waals surface area (Å²) in [7, 11) is 0. The zero-order valence-electron chi connectivity index (χ0n) is 13.8. The number of rotatable bonds is 3. The SMILES string of the molecule is Cc1csc(-c2cccc(C(=O)N3CCC(C)(CN)C3)c2)n1.Cl.Cl. The highest BCUT2D eigenvalue weighted by molar-refractivity contribution is 7.13. The fraction of sp³-hybridized carbons (Fsp3) is 0.412. The van der Waals surface area contributed by atoms with E-state index in [1.807, 2.05) is 41.5 Å². The van der Waals surface area contributed by atoms with Gasteiger partial charge < -0.3 is 10.6 Å². The van der Waals surface area contributed by atoms with Crippen LogP contribution in [0.2, 0.25) is 0 Å². The van der Waals surface area contributed by atoms with Crippen molar-refractivity contribution < 1.29 is 4.79 Å². The molecule has 0 saturated carbocycles. The van der Waals surface area contributed by atoms with Gasteiger partial charge in [0, 0.05) is 35.3 Å². The number of carbonyl (C=O) groups excluding carboxylic acids is 1. The first kappa shape index (κ1) is 20.9. The first-order chi connectivity index (χ1) is 10.5. The molecule has 7 heteroatoms. The minimum absolute atomic E-state index is 0. The van der Waals surface area contributed by atoms with Crippen LogP contribution in [0.1, 0.15) is 29.4 Å². The summed E-state index contributed by atoms with van der Waals surface area (Å²) in [6.45, 7) is 6.27. The van der Waals surface area contributed by atoms with Crippen molar-refractivity contribution in [2.24, 2.45) is 11.1 Å². The molecule has 3 rings (SSSR count). The van der Waals surface area contributed by atoms with Crippen molar-refractivity contribution in [1.29, 1.82) is 0 Å². The molecule has 2 N–H and O–H groups in total. The van der Waals surface area contributed by atoms with Gasteiger partial charge in [-0.25, -0.2) is 4.98 Å². The van der Waals surface area contributed by atoms with Gasteiger partial charge in [-0.05, 0) is 37.4 Å². The van der Waals surface area contributed by atoms with Crippen molar-refractivity contribution in [3.63, 3.8) is 0 Å². The van der Waals surface area contributed by atoms with E-state index in [2.05, 4.69) is 11.9 Å². The summed E-state index contributed by atoms with van der Waals surface area (Å²) in [5.74, 6) is 0.0901. The number of nitrogens with two attached hydrogens (primary N) is 1. The van der Waals surface area contributed by atoms with E-state index in [0.29, 0.717) is 6.54 Å². The summed E-state index contributed by atoms with van der Waals surface area (Å²) in [6.07, 6.45) is 0.973. The van der Waals surface area contributed by atoms with Crippen LogP contribution in [-0.2, 0) is 0 Å². The molecular weight excluding hydrogens is 365 g/mol. The molecule has 2 aromatic rings. The average molecular weight is 388 g/mol. The first-order valence-electron chi connectivity index (χ1n) is 7.53. The molecule has 1 unspecified atom stereocenters. The third kappa shape index (κ3) is 4.28. The Bertz CT molecular complexity index is 707. The molecule has 132 valence electrons. The number of hydrogen-bond acceptors (Lipinski definition) is 4. The second-order valence-electron chi connectivity index (χ2n) is 6.37. The third-order valence-corrected chi connectivity index (χ3v) is 5.32. The Labute approximate surface area is 159 Å². The molecular formula is C17H23Cl2N3OS. The fourth-order valence-electron chi connectivity index (χ4n) is 2.82. The Morgan fingerprint density at radius 1 is 1.42 bits per heavy atom. The van der Waals surface area contributed by atoms with Gasteiger partial charge >= 0.3 is 0 Å². The minimum atomic E-state index is 0. The zero-order chi connectivity index (χ0) is 15.7. The van der Waals surface area contributed by atoms with Crippen molar-refractivity contribution >= 4 is 42.1 Å². The van der Waals surface area contributed by atoms with Crippen LogP contribution < -0.4 is 5.73 Å². The Morgan fingerprint density at radius 2 is 2.17 bits per heavy atom. The van der Waals surface area contributed by atoms with Crippen molar-refractivity contribution in [3.8, 4) is 10.6 Å². The van der Waals surface area contributed by atoms with Gasteiger partial charge in [0.15, 0.2) is 0 Å². The predicted molar refractivity (Wildman–Crippen MR) is 104 cm³/mol. The number of benzene rings is 1. The standard InChI is InChI=1S/C17H21N3OS.2ClH/c1-12-9-22-15(19-12)13-4-3-5-14(8-13)16(21)20-7-6-17(2,10-18)11-20;;/h3-5,8-9H,6-7,10-11,18H2,1-2H3;2*1H. The highest BCUT2D eigenvalue weighted by Crippen LogP contribution is 2.30. The van der Waals surface area contributed by atoms with Gasteiger partial charge in [-0.1, -0.05) is 19.1 Å². The number of aromatic nitrogens is 1. The monoisotopic (exact) mass is 387 g/mol. The van der Waals surface area contributed by atoms with Crippen LogP contribution in [0, 0.1) is 12.3 Å². The van der Waals surface area contributed by atoms with E-state index in [4.69, 9.17) is 5.73 Å². The maximum atomic E-state index is 12.7. The lowest BCUT2D eigenvalue weighted by molar-refractivity contribution is 0.0777. The fourth-order valence-corrected chi connectivity index (χ4v) is 3.61. The molecule has 0 aliphatic carbocycles. The molecule has 1 aromatic heterocycles. The number of amides is 1. The van der Waals surface area contributed by atoms with E-state index >= 15 is 0 Å². The Kier molecular flexibility index (Phi) is 7.23. The van der Waals surface area contributed by atoms with Gasteiger partial charge in [-0.3, -0.25) is 4.79 Å². The third-order valence-electron chi connectivity index (χ3n) is 4.31. The van der Waals surface area contributed by atoms with Gasteiger partial charge in [0.1, 0.15) is 5.01 Å². The highest BCUT2D eigenvalue weighted by Gasteiger charge is 2.35. The topological polar surface area (TPSA) is 59.2 Å². The number of halogens is 2. The van der Waals surface area contributed by atoms with Crippen LogP contribution in [0.25, 0.3) is 10.6 Å². The second kappa shape index (κ2) is 8.30. The Hall–Kier alpha value is -1.14. The molecule has 1 aromatic carbocycles. The smallest absolute Gasteiger partial charge is 0.253 e. The molecule has 1 saturated heterocycles. The first-order valence-corrected chi connectivity index (χ1v) is 8.41. The molecule has 1 aliphatic heterocycles. The lowest BCUT2D eigenvalue weighted by atomic mass is 9.90. The summed E-state index contributed by atoms with van der Waals surface area (Å²) in [6, 6.07) is 7.75. The van der Waals surface area contributed by atoms with Crippen molar-refractivity contribution in [3.05, 3.63) is 40.9 Å². The summed E-state index contributed by atoms with van der Waals surface area (Å²) in [5.41, 5.74) is 8.62. The van der Waals surface area contributed by atoms with Gasteiger partial charge in [0.25, 0.3) is 5.91 Å². The van der Waals surface area contributed by atoms with Gasteiger partial charge in [0.05, 0.1) is 0 Å². The van der Waals surface area contributed by atoms with E-state index in [-0.39, 0.29) is 36.1 Å². The number of likely N-dealkylation sites (tertiary alicyclic amines) is 1. The second-order valence-corrected chi connectivity index (χ2v) is 7.22. The average Bonchev–Trinajstić information content (AvgIpc) is 3.14. The predicted octanol–water partition coefficient (Wildman–Crippen LogP) is 3.77. The molecule has 0 radical (unpaired) electrons. The van der Waals surface area contributed by atoms with Crippen LogP contribution in [0.3, 0.4) is 0 Å². The lowest BCUT2D eigenvalue weighted by Crippen LogP contribution is -2.34. The molecule has 24 heavy (non-hydrogen) atoms. The van der Waals surface area contributed by atoms with Crippen LogP contribution in [0.15, 0.2) is 29.6 Å². The molecule has 1 fully saturated rings. The molecule has 1 aliphatic rings.